The monoisotopic (exact) mass is 1380 g/mol. The Morgan fingerprint density at radius 2 is 0.426 bits per heavy atom. The number of esters is 4. The molecule has 94 heavy (non-hydrogen) atoms. The number of phosphoric ester groups is 2. The minimum absolute atomic E-state index is 0.107. The summed E-state index contributed by atoms with van der Waals surface area (Å²) in [5.41, 5.74) is 0. The van der Waals surface area contributed by atoms with Crippen molar-refractivity contribution in [3.8, 4) is 0 Å². The van der Waals surface area contributed by atoms with Crippen LogP contribution in [0.25, 0.3) is 0 Å². The maximum Gasteiger partial charge on any atom is 0.472 e. The molecule has 2 unspecified atom stereocenters. The van der Waals surface area contributed by atoms with E-state index in [4.69, 9.17) is 37.0 Å². The molecule has 0 rings (SSSR count). The highest BCUT2D eigenvalue weighted by atomic mass is 31.2. The molecule has 0 aromatic heterocycles. The summed E-state index contributed by atoms with van der Waals surface area (Å²) in [5, 5.41) is 10.6. The molecule has 0 aliphatic carbocycles. The Bertz CT molecular complexity index is 1790. The van der Waals surface area contributed by atoms with Crippen LogP contribution in [0.4, 0.5) is 0 Å². The number of hydrogen-bond donors (Lipinski definition) is 3. The van der Waals surface area contributed by atoms with Crippen molar-refractivity contribution in [1.82, 2.24) is 0 Å². The third-order valence-corrected chi connectivity index (χ3v) is 19.5. The summed E-state index contributed by atoms with van der Waals surface area (Å²) in [6.07, 6.45) is 59.9. The largest absolute Gasteiger partial charge is 0.472 e. The summed E-state index contributed by atoms with van der Waals surface area (Å²) in [4.78, 5) is 72.5. The molecule has 0 aromatic carbocycles. The Hall–Kier alpha value is -1.94. The number of carbonyl (C=O) groups excluding carboxylic acids is 4. The lowest BCUT2D eigenvalue weighted by Crippen LogP contribution is -2.30. The fourth-order valence-corrected chi connectivity index (χ4v) is 13.2. The van der Waals surface area contributed by atoms with E-state index in [0.717, 1.165) is 103 Å². The summed E-state index contributed by atoms with van der Waals surface area (Å²) in [5.74, 6) is -2.12. The van der Waals surface area contributed by atoms with Crippen LogP contribution in [0, 0.1) is 0 Å². The minimum Gasteiger partial charge on any atom is -0.462 e. The maximum absolute atomic E-state index is 13.1. The van der Waals surface area contributed by atoms with Crippen LogP contribution < -0.4 is 0 Å². The van der Waals surface area contributed by atoms with Gasteiger partial charge in [-0.25, -0.2) is 9.13 Å². The topological polar surface area (TPSA) is 237 Å². The Balaban J connectivity index is 5.15. The zero-order valence-electron chi connectivity index (χ0n) is 60.9. The third-order valence-electron chi connectivity index (χ3n) is 17.6. The van der Waals surface area contributed by atoms with Crippen molar-refractivity contribution in [3.05, 3.63) is 0 Å². The van der Waals surface area contributed by atoms with Crippen LogP contribution in [0.15, 0.2) is 0 Å². The predicted molar refractivity (Wildman–Crippen MR) is 382 cm³/mol. The molecule has 0 spiro atoms. The van der Waals surface area contributed by atoms with Gasteiger partial charge in [-0.2, -0.15) is 0 Å². The SMILES string of the molecule is CCCCCCCCCCCCCCCCCCCCCCCC(=O)O[C@H](COC(=O)CCCCCCCCCCCCCCCCCC)COP(=O)(O)OC[C@@H](O)COP(=O)(O)OC[C@@H](COC(=O)CCCCCCCCC)OC(=O)CCCCCCCCCCCC. The van der Waals surface area contributed by atoms with Gasteiger partial charge >= 0.3 is 39.5 Å². The van der Waals surface area contributed by atoms with Gasteiger partial charge in [-0.05, 0) is 25.7 Å². The molecule has 0 aliphatic rings. The first kappa shape index (κ1) is 92.1. The van der Waals surface area contributed by atoms with Crippen LogP contribution in [0.2, 0.25) is 0 Å². The smallest absolute Gasteiger partial charge is 0.462 e. The van der Waals surface area contributed by atoms with Crippen molar-refractivity contribution < 1.29 is 80.2 Å². The maximum atomic E-state index is 13.1. The van der Waals surface area contributed by atoms with Gasteiger partial charge in [-0.3, -0.25) is 37.3 Å². The van der Waals surface area contributed by atoms with E-state index in [0.29, 0.717) is 25.7 Å². The molecule has 0 radical (unpaired) electrons. The van der Waals surface area contributed by atoms with E-state index in [1.165, 1.54) is 218 Å². The predicted octanol–water partition coefficient (Wildman–Crippen LogP) is 22.2. The fourth-order valence-electron chi connectivity index (χ4n) is 11.6. The first-order valence-electron chi connectivity index (χ1n) is 39.3. The Kier molecular flexibility index (Phi) is 68.1. The second-order valence-corrected chi connectivity index (χ2v) is 29.9. The van der Waals surface area contributed by atoms with Gasteiger partial charge in [-0.1, -0.05) is 349 Å². The zero-order chi connectivity index (χ0) is 69.0. The summed E-state index contributed by atoms with van der Waals surface area (Å²) in [6.45, 7) is 4.93. The summed E-state index contributed by atoms with van der Waals surface area (Å²) in [7, 11) is -9.90. The number of carbonyl (C=O) groups is 4. The molecule has 0 saturated heterocycles. The second-order valence-electron chi connectivity index (χ2n) is 27.0. The van der Waals surface area contributed by atoms with E-state index in [-0.39, 0.29) is 25.7 Å². The molecule has 0 saturated carbocycles. The van der Waals surface area contributed by atoms with Gasteiger partial charge in [0.05, 0.1) is 26.4 Å². The van der Waals surface area contributed by atoms with Crippen LogP contribution in [0.3, 0.4) is 0 Å². The molecule has 0 fully saturated rings. The second kappa shape index (κ2) is 69.5. The molecule has 17 nitrogen and oxygen atoms in total. The average molecular weight is 1380 g/mol. The fraction of sp³-hybridized carbons (Fsp3) is 0.947. The van der Waals surface area contributed by atoms with E-state index in [1.807, 2.05) is 0 Å². The van der Waals surface area contributed by atoms with Gasteiger partial charge in [0.15, 0.2) is 12.2 Å². The quantitative estimate of drug-likeness (QED) is 0.0222. The summed E-state index contributed by atoms with van der Waals surface area (Å²) < 4.78 is 68.3. The first-order valence-corrected chi connectivity index (χ1v) is 42.3. The van der Waals surface area contributed by atoms with Crippen molar-refractivity contribution >= 4 is 39.5 Å². The number of aliphatic hydroxyl groups is 1. The van der Waals surface area contributed by atoms with E-state index in [9.17, 15) is 43.2 Å². The minimum atomic E-state index is -4.95. The van der Waals surface area contributed by atoms with E-state index in [1.54, 1.807) is 0 Å². The van der Waals surface area contributed by atoms with Crippen molar-refractivity contribution in [2.45, 2.75) is 418 Å². The molecular formula is C75H146O17P2. The molecule has 558 valence electrons. The lowest BCUT2D eigenvalue weighted by Gasteiger charge is -2.21. The highest BCUT2D eigenvalue weighted by Crippen LogP contribution is 2.45. The molecule has 0 heterocycles. The summed E-state index contributed by atoms with van der Waals surface area (Å²) in [6, 6.07) is 0. The molecule has 0 aromatic rings. The number of phosphoric acid groups is 2. The van der Waals surface area contributed by atoms with Gasteiger partial charge < -0.3 is 33.8 Å². The number of unbranched alkanes of at least 4 members (excludes halogenated alkanes) is 50. The first-order chi connectivity index (χ1) is 45.7. The standard InChI is InChI=1S/C75H146O17P2/c1-5-9-13-17-21-24-27-29-31-33-34-35-36-37-39-41-43-46-50-54-58-62-75(80)92-71(66-86-73(78)60-56-52-48-45-42-40-38-32-30-28-25-22-18-14-10-6-2)68-90-94(83,84)88-64-69(76)63-87-93(81,82)89-67-70(65-85-72(77)59-55-51-47-20-16-12-8-4)91-74(79)61-57-53-49-44-26-23-19-15-11-7-3/h69-71,76H,5-68H2,1-4H3,(H,81,82)(H,83,84)/t69-,70+,71+/m0/s1. The highest BCUT2D eigenvalue weighted by molar-refractivity contribution is 7.47. The molecule has 3 N–H and O–H groups in total. The Labute approximate surface area is 575 Å². The molecule has 0 aliphatic heterocycles. The normalized spacial score (nSPS) is 13.9. The van der Waals surface area contributed by atoms with Crippen LogP contribution in [-0.4, -0.2) is 96.7 Å². The average Bonchev–Trinajstić information content (AvgIpc) is 1.95. The number of aliphatic hydroxyl groups excluding tert-OH is 1. The lowest BCUT2D eigenvalue weighted by atomic mass is 10.0. The van der Waals surface area contributed by atoms with Crippen LogP contribution in [-0.2, 0) is 65.4 Å². The lowest BCUT2D eigenvalue weighted by molar-refractivity contribution is -0.161. The molecule has 19 heteroatoms. The number of hydrogen-bond acceptors (Lipinski definition) is 15. The van der Waals surface area contributed by atoms with Crippen molar-refractivity contribution in [1.29, 1.82) is 0 Å². The van der Waals surface area contributed by atoms with Gasteiger partial charge in [0.2, 0.25) is 0 Å². The van der Waals surface area contributed by atoms with Crippen LogP contribution in [0.5, 0.6) is 0 Å². The molecule has 0 bridgehead atoms. The van der Waals surface area contributed by atoms with E-state index in [2.05, 4.69) is 27.7 Å². The van der Waals surface area contributed by atoms with E-state index < -0.39 is 97.5 Å². The molecular weight excluding hydrogens is 1230 g/mol. The number of rotatable bonds is 76. The van der Waals surface area contributed by atoms with Crippen LogP contribution in [0.1, 0.15) is 400 Å². The molecule has 5 atom stereocenters. The Morgan fingerprint density at radius 3 is 0.628 bits per heavy atom. The van der Waals surface area contributed by atoms with Gasteiger partial charge in [0.1, 0.15) is 19.3 Å². The van der Waals surface area contributed by atoms with Gasteiger partial charge in [0, 0.05) is 25.7 Å². The van der Waals surface area contributed by atoms with Gasteiger partial charge in [0.25, 0.3) is 0 Å². The van der Waals surface area contributed by atoms with Crippen molar-refractivity contribution in [2.24, 2.45) is 0 Å². The van der Waals surface area contributed by atoms with E-state index >= 15 is 0 Å². The van der Waals surface area contributed by atoms with Gasteiger partial charge in [-0.15, -0.1) is 0 Å². The van der Waals surface area contributed by atoms with Crippen molar-refractivity contribution in [3.63, 3.8) is 0 Å². The van der Waals surface area contributed by atoms with Crippen molar-refractivity contribution in [2.75, 3.05) is 39.6 Å². The highest BCUT2D eigenvalue weighted by Gasteiger charge is 2.30. The zero-order valence-corrected chi connectivity index (χ0v) is 62.7. The van der Waals surface area contributed by atoms with Crippen LogP contribution >= 0.6 is 15.6 Å². The Morgan fingerprint density at radius 1 is 0.255 bits per heavy atom. The number of ether oxygens (including phenoxy) is 4. The third kappa shape index (κ3) is 68.6. The summed E-state index contributed by atoms with van der Waals surface area (Å²) >= 11 is 0. The molecule has 0 amide bonds.